The molecule has 1 unspecified atom stereocenters. The van der Waals surface area contributed by atoms with Crippen LogP contribution in [0.4, 0.5) is 0 Å². The van der Waals surface area contributed by atoms with Crippen molar-refractivity contribution >= 4 is 60.4 Å². The Hall–Kier alpha value is -0.0700. The first-order valence-corrected chi connectivity index (χ1v) is 8.12. The maximum absolute atomic E-state index is 5.97. The van der Waals surface area contributed by atoms with Crippen molar-refractivity contribution in [1.82, 2.24) is 0 Å². The van der Waals surface area contributed by atoms with Crippen LogP contribution in [0.2, 0.25) is 5.02 Å². The summed E-state index contributed by atoms with van der Waals surface area (Å²) in [5.74, 6) is 0.367. The Bertz CT molecular complexity index is 629. The molecule has 2 aromatic rings. The van der Waals surface area contributed by atoms with E-state index >= 15 is 0 Å². The van der Waals surface area contributed by atoms with Gasteiger partial charge < -0.3 is 0 Å². The summed E-state index contributed by atoms with van der Waals surface area (Å²) in [6.45, 7) is 0. The van der Waals surface area contributed by atoms with Gasteiger partial charge in [-0.15, -0.1) is 0 Å². The molecule has 1 atom stereocenters. The lowest BCUT2D eigenvalue weighted by molar-refractivity contribution is 1.04. The zero-order valence-electron chi connectivity index (χ0n) is 9.33. The minimum absolute atomic E-state index is 0.367. The molecule has 0 N–H and O–H groups in total. The summed E-state index contributed by atoms with van der Waals surface area (Å²) in [7, 11) is 0. The van der Waals surface area contributed by atoms with Gasteiger partial charge >= 0.3 is 0 Å². The summed E-state index contributed by atoms with van der Waals surface area (Å²) in [4.78, 5) is 0. The van der Waals surface area contributed by atoms with Gasteiger partial charge in [0, 0.05) is 18.1 Å². The Morgan fingerprint density at radius 2 is 1.56 bits per heavy atom. The van der Waals surface area contributed by atoms with E-state index < -0.39 is 0 Å². The fourth-order valence-corrected chi connectivity index (χ4v) is 4.24. The Labute approximate surface area is 139 Å². The maximum Gasteiger partial charge on any atom is 0.0415 e. The van der Waals surface area contributed by atoms with Gasteiger partial charge in [0.1, 0.15) is 0 Å². The molecule has 1 aliphatic carbocycles. The SMILES string of the molecule is Clc1ccc(C2C(I)=C(I)c3ccccc32)cc1. The second-order valence-corrected chi connectivity index (χ2v) is 6.91. The largest absolute Gasteiger partial charge is 0.0843 e. The number of rotatable bonds is 1. The number of benzene rings is 2. The summed E-state index contributed by atoms with van der Waals surface area (Å²) >= 11 is 10.9. The van der Waals surface area contributed by atoms with E-state index in [4.69, 9.17) is 11.6 Å². The zero-order valence-corrected chi connectivity index (χ0v) is 14.4. The highest BCUT2D eigenvalue weighted by Gasteiger charge is 2.29. The second kappa shape index (κ2) is 5.13. The third-order valence-corrected chi connectivity index (χ3v) is 6.78. The van der Waals surface area contributed by atoms with E-state index in [1.165, 1.54) is 23.9 Å². The number of fused-ring (bicyclic) bond motifs is 1. The highest BCUT2D eigenvalue weighted by atomic mass is 127. The number of halogens is 3. The lowest BCUT2D eigenvalue weighted by Gasteiger charge is -2.13. The van der Waals surface area contributed by atoms with E-state index in [0.717, 1.165) is 5.02 Å². The van der Waals surface area contributed by atoms with Crippen molar-refractivity contribution in [3.8, 4) is 0 Å². The van der Waals surface area contributed by atoms with Gasteiger partial charge in [-0.25, -0.2) is 0 Å². The van der Waals surface area contributed by atoms with E-state index in [0.29, 0.717) is 5.92 Å². The predicted molar refractivity (Wildman–Crippen MR) is 94.7 cm³/mol. The van der Waals surface area contributed by atoms with Crippen LogP contribution in [0.1, 0.15) is 22.6 Å². The summed E-state index contributed by atoms with van der Waals surface area (Å²) in [5, 5.41) is 0.790. The molecule has 0 saturated heterocycles. The molecule has 0 heterocycles. The summed E-state index contributed by atoms with van der Waals surface area (Å²) in [6, 6.07) is 16.8. The molecule has 0 aromatic heterocycles. The highest BCUT2D eigenvalue weighted by Crippen LogP contribution is 2.50. The molecule has 0 fully saturated rings. The van der Waals surface area contributed by atoms with Crippen LogP contribution in [0.3, 0.4) is 0 Å². The fraction of sp³-hybridized carbons (Fsp3) is 0.0667. The quantitative estimate of drug-likeness (QED) is 0.440. The molecule has 0 saturated carbocycles. The molecule has 0 spiro atoms. The summed E-state index contributed by atoms with van der Waals surface area (Å²) < 4.78 is 2.76. The van der Waals surface area contributed by atoms with Crippen LogP contribution in [0, 0.1) is 0 Å². The maximum atomic E-state index is 5.97. The number of hydrogen-bond acceptors (Lipinski definition) is 0. The van der Waals surface area contributed by atoms with E-state index in [1.807, 2.05) is 12.1 Å². The van der Waals surface area contributed by atoms with Gasteiger partial charge in [-0.1, -0.05) is 48.0 Å². The average molecular weight is 478 g/mol. The van der Waals surface area contributed by atoms with Gasteiger partial charge in [-0.05, 0) is 74.0 Å². The number of hydrogen-bond donors (Lipinski definition) is 0. The van der Waals surface area contributed by atoms with E-state index in [9.17, 15) is 0 Å². The molecular weight excluding hydrogens is 469 g/mol. The van der Waals surface area contributed by atoms with Crippen LogP contribution in [0.15, 0.2) is 52.1 Å². The summed E-state index contributed by atoms with van der Waals surface area (Å²) in [6.07, 6.45) is 0. The third-order valence-electron chi connectivity index (χ3n) is 3.17. The molecule has 0 aliphatic heterocycles. The van der Waals surface area contributed by atoms with Crippen LogP contribution in [-0.4, -0.2) is 0 Å². The zero-order chi connectivity index (χ0) is 12.7. The van der Waals surface area contributed by atoms with Gasteiger partial charge in [0.2, 0.25) is 0 Å². The van der Waals surface area contributed by atoms with Crippen molar-refractivity contribution in [3.63, 3.8) is 0 Å². The molecule has 18 heavy (non-hydrogen) atoms. The lowest BCUT2D eigenvalue weighted by Crippen LogP contribution is -1.97. The Balaban J connectivity index is 2.16. The molecule has 1 aliphatic rings. The van der Waals surface area contributed by atoms with Crippen molar-refractivity contribution < 1.29 is 0 Å². The molecule has 3 rings (SSSR count). The van der Waals surface area contributed by atoms with Crippen LogP contribution >= 0.6 is 56.8 Å². The third kappa shape index (κ3) is 2.12. The van der Waals surface area contributed by atoms with Crippen molar-refractivity contribution in [2.24, 2.45) is 0 Å². The highest BCUT2D eigenvalue weighted by molar-refractivity contribution is 14.1. The van der Waals surface area contributed by atoms with E-state index in [2.05, 4.69) is 81.6 Å². The molecule has 90 valence electrons. The Morgan fingerprint density at radius 1 is 0.889 bits per heavy atom. The first-order valence-electron chi connectivity index (χ1n) is 5.58. The van der Waals surface area contributed by atoms with Crippen LogP contribution in [0.25, 0.3) is 3.58 Å². The van der Waals surface area contributed by atoms with Gasteiger partial charge in [0.25, 0.3) is 0 Å². The molecule has 0 nitrogen and oxygen atoms in total. The van der Waals surface area contributed by atoms with Gasteiger partial charge in [-0.3, -0.25) is 0 Å². The van der Waals surface area contributed by atoms with Crippen molar-refractivity contribution in [2.75, 3.05) is 0 Å². The van der Waals surface area contributed by atoms with Crippen LogP contribution in [-0.2, 0) is 0 Å². The monoisotopic (exact) mass is 478 g/mol. The minimum Gasteiger partial charge on any atom is -0.0843 e. The van der Waals surface area contributed by atoms with Gasteiger partial charge in [0.15, 0.2) is 0 Å². The van der Waals surface area contributed by atoms with Gasteiger partial charge in [-0.2, -0.15) is 0 Å². The smallest absolute Gasteiger partial charge is 0.0415 e. The molecule has 2 aromatic carbocycles. The molecule has 0 radical (unpaired) electrons. The normalized spacial score (nSPS) is 18.1. The Morgan fingerprint density at radius 3 is 2.28 bits per heavy atom. The average Bonchev–Trinajstić information content (AvgIpc) is 2.64. The van der Waals surface area contributed by atoms with Crippen LogP contribution in [0.5, 0.6) is 0 Å². The number of allylic oxidation sites excluding steroid dienone is 1. The molecule has 0 bridgehead atoms. The standard InChI is InChI=1S/C15H9ClI2/c16-10-7-5-9(6-8-10)13-11-3-1-2-4-12(11)14(17)15(13)18/h1-8,13H. The van der Waals surface area contributed by atoms with Crippen molar-refractivity contribution in [1.29, 1.82) is 0 Å². The van der Waals surface area contributed by atoms with E-state index in [-0.39, 0.29) is 0 Å². The Kier molecular flexibility index (Phi) is 3.69. The van der Waals surface area contributed by atoms with E-state index in [1.54, 1.807) is 0 Å². The molecular formula is C15H9ClI2. The van der Waals surface area contributed by atoms with Crippen molar-refractivity contribution in [2.45, 2.75) is 5.92 Å². The predicted octanol–water partition coefficient (Wildman–Crippen LogP) is 6.02. The first-order chi connectivity index (χ1) is 8.68. The lowest BCUT2D eigenvalue weighted by atomic mass is 9.93. The van der Waals surface area contributed by atoms with Crippen LogP contribution < -0.4 is 0 Å². The summed E-state index contributed by atoms with van der Waals surface area (Å²) in [5.41, 5.74) is 4.07. The second-order valence-electron chi connectivity index (χ2n) is 4.23. The minimum atomic E-state index is 0.367. The first kappa shape index (κ1) is 12.9. The fourth-order valence-electron chi connectivity index (χ4n) is 2.32. The van der Waals surface area contributed by atoms with Gasteiger partial charge in [0.05, 0.1) is 0 Å². The topological polar surface area (TPSA) is 0 Å². The molecule has 0 amide bonds. The molecule has 3 heteroatoms. The van der Waals surface area contributed by atoms with Crippen molar-refractivity contribution in [3.05, 3.63) is 73.8 Å².